The van der Waals surface area contributed by atoms with Crippen molar-refractivity contribution in [3.63, 3.8) is 0 Å². The predicted molar refractivity (Wildman–Crippen MR) is 61.8 cm³/mol. The lowest BCUT2D eigenvalue weighted by atomic mass is 10.2. The average molecular weight is 243 g/mol. The Bertz CT molecular complexity index is 396. The number of nitrogens with zero attached hydrogens (tertiary/aromatic N) is 3. The number of halogens is 1. The maximum Gasteiger partial charge on any atom is 0.322 e. The Hall–Kier alpha value is -1.10. The number of rotatable bonds is 4. The third-order valence-electron chi connectivity index (χ3n) is 2.68. The molecule has 1 aliphatic carbocycles. The zero-order chi connectivity index (χ0) is 11.8. The third kappa shape index (κ3) is 2.52. The van der Waals surface area contributed by atoms with E-state index < -0.39 is 0 Å². The highest BCUT2D eigenvalue weighted by molar-refractivity contribution is 6.28. The number of nitrogens with one attached hydrogen (secondary N) is 1. The number of hydrogen-bond acceptors (Lipinski definition) is 5. The molecule has 2 rings (SSSR count). The van der Waals surface area contributed by atoms with Crippen LogP contribution in [0.2, 0.25) is 5.28 Å². The number of aromatic nitrogens is 3. The van der Waals surface area contributed by atoms with Gasteiger partial charge in [0.25, 0.3) is 0 Å². The lowest BCUT2D eigenvalue weighted by Gasteiger charge is -2.07. The molecule has 0 aliphatic heterocycles. The molecule has 5 nitrogen and oxygen atoms in total. The Morgan fingerprint density at radius 3 is 2.69 bits per heavy atom. The summed E-state index contributed by atoms with van der Waals surface area (Å²) in [5.41, 5.74) is 0.310. The monoisotopic (exact) mass is 242 g/mol. The van der Waals surface area contributed by atoms with E-state index in [9.17, 15) is 0 Å². The molecule has 0 amide bonds. The molecule has 1 fully saturated rings. The van der Waals surface area contributed by atoms with Crippen LogP contribution in [0, 0.1) is 5.41 Å². The first-order chi connectivity index (χ1) is 7.51. The lowest BCUT2D eigenvalue weighted by molar-refractivity contribution is 0.312. The molecule has 0 spiro atoms. The number of hydrogen-bond donors (Lipinski definition) is 1. The van der Waals surface area contributed by atoms with Gasteiger partial charge in [0.05, 0.1) is 6.61 Å². The van der Waals surface area contributed by atoms with E-state index in [4.69, 9.17) is 16.3 Å². The fraction of sp³-hybridized carbons (Fsp3) is 0.700. The number of ether oxygens (including phenoxy) is 1. The third-order valence-corrected chi connectivity index (χ3v) is 2.85. The summed E-state index contributed by atoms with van der Waals surface area (Å²) < 4.78 is 5.19. The zero-order valence-corrected chi connectivity index (χ0v) is 10.4. The van der Waals surface area contributed by atoms with E-state index in [1.807, 2.05) is 6.92 Å². The van der Waals surface area contributed by atoms with Crippen LogP contribution in [-0.4, -0.2) is 27.6 Å². The van der Waals surface area contributed by atoms with Gasteiger partial charge in [0.15, 0.2) is 0 Å². The van der Waals surface area contributed by atoms with Crippen molar-refractivity contribution in [2.75, 3.05) is 11.9 Å². The van der Waals surface area contributed by atoms with Crippen molar-refractivity contribution < 1.29 is 4.74 Å². The Kier molecular flexibility index (Phi) is 2.88. The molecule has 1 heterocycles. The van der Waals surface area contributed by atoms with E-state index in [1.165, 1.54) is 0 Å². The molecule has 1 saturated carbocycles. The van der Waals surface area contributed by atoms with Gasteiger partial charge in [-0.1, -0.05) is 13.8 Å². The first-order valence-corrected chi connectivity index (χ1v) is 5.70. The summed E-state index contributed by atoms with van der Waals surface area (Å²) in [6.45, 7) is 6.76. The summed E-state index contributed by atoms with van der Waals surface area (Å²) in [7, 11) is 0. The van der Waals surface area contributed by atoms with Crippen molar-refractivity contribution in [3.05, 3.63) is 5.28 Å². The van der Waals surface area contributed by atoms with Crippen LogP contribution in [0.1, 0.15) is 27.2 Å². The van der Waals surface area contributed by atoms with Gasteiger partial charge in [-0.05, 0) is 30.4 Å². The Morgan fingerprint density at radius 2 is 2.12 bits per heavy atom. The minimum Gasteiger partial charge on any atom is -0.464 e. The first-order valence-electron chi connectivity index (χ1n) is 5.32. The van der Waals surface area contributed by atoms with Gasteiger partial charge < -0.3 is 10.1 Å². The molecule has 0 saturated heterocycles. The van der Waals surface area contributed by atoms with Crippen LogP contribution in [-0.2, 0) is 0 Å². The number of anilines is 1. The molecule has 1 aliphatic rings. The van der Waals surface area contributed by atoms with E-state index in [2.05, 4.69) is 34.1 Å². The Balaban J connectivity index is 2.09. The van der Waals surface area contributed by atoms with E-state index in [-0.39, 0.29) is 11.3 Å². The lowest BCUT2D eigenvalue weighted by Crippen LogP contribution is -2.12. The Morgan fingerprint density at radius 1 is 1.44 bits per heavy atom. The molecule has 1 atom stereocenters. The molecule has 0 aromatic carbocycles. The minimum atomic E-state index is 0.152. The quantitative estimate of drug-likeness (QED) is 0.877. The fourth-order valence-corrected chi connectivity index (χ4v) is 1.61. The molecule has 1 unspecified atom stereocenters. The van der Waals surface area contributed by atoms with Gasteiger partial charge in [-0.2, -0.15) is 15.0 Å². The van der Waals surface area contributed by atoms with Crippen LogP contribution in [0.3, 0.4) is 0 Å². The second-order valence-electron chi connectivity index (χ2n) is 4.53. The first kappa shape index (κ1) is 11.4. The van der Waals surface area contributed by atoms with Crippen LogP contribution < -0.4 is 10.1 Å². The van der Waals surface area contributed by atoms with Gasteiger partial charge in [0.1, 0.15) is 0 Å². The smallest absolute Gasteiger partial charge is 0.322 e. The van der Waals surface area contributed by atoms with Crippen molar-refractivity contribution in [3.8, 4) is 6.01 Å². The summed E-state index contributed by atoms with van der Waals surface area (Å²) in [6.07, 6.45) is 1.11. The standard InChI is InChI=1S/C10H15ClN4O/c1-4-16-9-14-7(11)13-8(15-9)12-6-5-10(6,2)3/h6H,4-5H2,1-3H3,(H,12,13,14,15). The van der Waals surface area contributed by atoms with Gasteiger partial charge >= 0.3 is 6.01 Å². The second-order valence-corrected chi connectivity index (χ2v) is 4.87. The summed E-state index contributed by atoms with van der Waals surface area (Å²) in [4.78, 5) is 12.0. The molecule has 88 valence electrons. The topological polar surface area (TPSA) is 59.9 Å². The van der Waals surface area contributed by atoms with E-state index >= 15 is 0 Å². The van der Waals surface area contributed by atoms with Crippen LogP contribution in [0.5, 0.6) is 6.01 Å². The minimum absolute atomic E-state index is 0.152. The van der Waals surface area contributed by atoms with Crippen molar-refractivity contribution in [2.24, 2.45) is 5.41 Å². The van der Waals surface area contributed by atoms with E-state index in [1.54, 1.807) is 0 Å². The molecular formula is C10H15ClN4O. The van der Waals surface area contributed by atoms with Crippen molar-refractivity contribution in [1.82, 2.24) is 15.0 Å². The summed E-state index contributed by atoms with van der Waals surface area (Å²) in [6, 6.07) is 0.670. The van der Waals surface area contributed by atoms with Crippen molar-refractivity contribution in [2.45, 2.75) is 33.2 Å². The molecule has 0 radical (unpaired) electrons. The molecule has 1 aromatic heterocycles. The highest BCUT2D eigenvalue weighted by Gasteiger charge is 2.46. The highest BCUT2D eigenvalue weighted by Crippen LogP contribution is 2.46. The van der Waals surface area contributed by atoms with Gasteiger partial charge in [-0.15, -0.1) is 0 Å². The van der Waals surface area contributed by atoms with Gasteiger partial charge in [-0.3, -0.25) is 0 Å². The second kappa shape index (κ2) is 4.05. The van der Waals surface area contributed by atoms with Gasteiger partial charge in [-0.25, -0.2) is 0 Å². The zero-order valence-electron chi connectivity index (χ0n) is 9.62. The van der Waals surface area contributed by atoms with Crippen LogP contribution >= 0.6 is 11.6 Å². The van der Waals surface area contributed by atoms with Gasteiger partial charge in [0, 0.05) is 6.04 Å². The molecule has 6 heteroatoms. The van der Waals surface area contributed by atoms with Crippen LogP contribution in [0.25, 0.3) is 0 Å². The SMILES string of the molecule is CCOc1nc(Cl)nc(NC2CC2(C)C)n1. The normalized spacial score (nSPS) is 21.6. The fourth-order valence-electron chi connectivity index (χ4n) is 1.46. The largest absolute Gasteiger partial charge is 0.464 e. The van der Waals surface area contributed by atoms with E-state index in [0.29, 0.717) is 24.0 Å². The predicted octanol–water partition coefficient (Wildman–Crippen LogP) is 2.13. The van der Waals surface area contributed by atoms with Crippen LogP contribution in [0.15, 0.2) is 0 Å². The molecule has 1 N–H and O–H groups in total. The average Bonchev–Trinajstić information content (AvgIpc) is 2.72. The Labute approximate surface area is 99.6 Å². The maximum atomic E-state index is 5.78. The summed E-state index contributed by atoms with van der Waals surface area (Å²) >= 11 is 5.78. The summed E-state index contributed by atoms with van der Waals surface area (Å²) in [5, 5.41) is 3.37. The molecular weight excluding hydrogens is 228 g/mol. The summed E-state index contributed by atoms with van der Waals surface area (Å²) in [5.74, 6) is 0.485. The molecule has 1 aromatic rings. The van der Waals surface area contributed by atoms with Crippen LogP contribution in [0.4, 0.5) is 5.95 Å². The van der Waals surface area contributed by atoms with Crippen molar-refractivity contribution in [1.29, 1.82) is 0 Å². The molecule has 0 bridgehead atoms. The van der Waals surface area contributed by atoms with Crippen molar-refractivity contribution >= 4 is 17.5 Å². The van der Waals surface area contributed by atoms with E-state index in [0.717, 1.165) is 6.42 Å². The molecule has 16 heavy (non-hydrogen) atoms. The maximum absolute atomic E-state index is 5.78. The van der Waals surface area contributed by atoms with Gasteiger partial charge in [0.2, 0.25) is 11.2 Å². The highest BCUT2D eigenvalue weighted by atomic mass is 35.5.